The van der Waals surface area contributed by atoms with E-state index in [0.29, 0.717) is 27.7 Å². The number of nitrogens with zero attached hydrogens (tertiary/aromatic N) is 3. The van der Waals surface area contributed by atoms with Gasteiger partial charge in [0.15, 0.2) is 17.3 Å². The highest BCUT2D eigenvalue weighted by molar-refractivity contribution is 7.71. The Balaban J connectivity index is 2.01. The zero-order valence-corrected chi connectivity index (χ0v) is 12.4. The molecule has 0 aliphatic heterocycles. The van der Waals surface area contributed by atoms with Gasteiger partial charge in [-0.05, 0) is 36.5 Å². The highest BCUT2D eigenvalue weighted by atomic mass is 32.1. The van der Waals surface area contributed by atoms with Crippen LogP contribution in [0.1, 0.15) is 5.56 Å². The third-order valence-electron chi connectivity index (χ3n) is 2.95. The number of nitrogens with one attached hydrogen (secondary N) is 1. The summed E-state index contributed by atoms with van der Waals surface area (Å²) in [5, 5.41) is 21.0. The predicted octanol–water partition coefficient (Wildman–Crippen LogP) is 2.80. The molecule has 0 saturated carbocycles. The Morgan fingerprint density at radius 3 is 3.00 bits per heavy atom. The lowest BCUT2D eigenvalue weighted by molar-refractivity contribution is 0.373. The minimum atomic E-state index is 0.00307. The van der Waals surface area contributed by atoms with E-state index in [1.54, 1.807) is 30.3 Å². The lowest BCUT2D eigenvalue weighted by Crippen LogP contribution is -1.95. The van der Waals surface area contributed by atoms with Gasteiger partial charge in [0.1, 0.15) is 0 Å². The molecule has 0 aliphatic carbocycles. The van der Waals surface area contributed by atoms with E-state index in [4.69, 9.17) is 21.4 Å². The molecule has 3 aromatic rings. The van der Waals surface area contributed by atoms with Crippen molar-refractivity contribution in [3.8, 4) is 23.1 Å². The molecule has 22 heavy (non-hydrogen) atoms. The molecule has 0 radical (unpaired) electrons. The highest BCUT2D eigenvalue weighted by Crippen LogP contribution is 2.28. The first kappa shape index (κ1) is 14.1. The topological polar surface area (TPSA) is 88.6 Å². The monoisotopic (exact) mass is 316 g/mol. The smallest absolute Gasteiger partial charge is 0.219 e. The summed E-state index contributed by atoms with van der Waals surface area (Å²) < 4.78 is 12.1. The maximum atomic E-state index is 10.0. The molecule has 8 heteroatoms. The number of ether oxygens (including phenoxy) is 1. The molecule has 0 amide bonds. The van der Waals surface area contributed by atoms with Crippen molar-refractivity contribution in [3.63, 3.8) is 0 Å². The molecule has 2 aromatic heterocycles. The van der Waals surface area contributed by atoms with Crippen LogP contribution in [0.15, 0.2) is 46.1 Å². The SMILES string of the molecule is COc1cccc(/C=N\n2c(-c3ccco3)n[nH]c2=S)c1O. The summed E-state index contributed by atoms with van der Waals surface area (Å²) in [6.07, 6.45) is 3.00. The predicted molar refractivity (Wildman–Crippen MR) is 82.8 cm³/mol. The number of methoxy groups -OCH3 is 1. The van der Waals surface area contributed by atoms with Crippen molar-refractivity contribution in [1.82, 2.24) is 14.9 Å². The summed E-state index contributed by atoms with van der Waals surface area (Å²) in [4.78, 5) is 0. The average molecular weight is 316 g/mol. The quantitative estimate of drug-likeness (QED) is 0.571. The fraction of sp³-hybridized carbons (Fsp3) is 0.0714. The number of furan rings is 1. The van der Waals surface area contributed by atoms with Crippen molar-refractivity contribution in [3.05, 3.63) is 46.9 Å². The maximum absolute atomic E-state index is 10.0. The molecule has 0 spiro atoms. The van der Waals surface area contributed by atoms with Crippen LogP contribution in [0.2, 0.25) is 0 Å². The van der Waals surface area contributed by atoms with E-state index in [2.05, 4.69) is 15.3 Å². The molecule has 2 heterocycles. The van der Waals surface area contributed by atoms with Crippen molar-refractivity contribution in [2.45, 2.75) is 0 Å². The Morgan fingerprint density at radius 2 is 2.27 bits per heavy atom. The molecule has 7 nitrogen and oxygen atoms in total. The van der Waals surface area contributed by atoms with E-state index < -0.39 is 0 Å². The van der Waals surface area contributed by atoms with Gasteiger partial charge in [-0.2, -0.15) is 9.78 Å². The first-order valence-electron chi connectivity index (χ1n) is 6.32. The molecule has 0 unspecified atom stereocenters. The van der Waals surface area contributed by atoms with Crippen LogP contribution in [-0.4, -0.2) is 33.3 Å². The van der Waals surface area contributed by atoms with Crippen LogP contribution in [0.4, 0.5) is 0 Å². The summed E-state index contributed by atoms with van der Waals surface area (Å²) >= 11 is 5.15. The van der Waals surface area contributed by atoms with Crippen molar-refractivity contribution in [2.24, 2.45) is 5.10 Å². The number of hydrogen-bond acceptors (Lipinski definition) is 6. The number of aromatic amines is 1. The third kappa shape index (κ3) is 2.51. The summed E-state index contributed by atoms with van der Waals surface area (Å²) in [6, 6.07) is 8.61. The lowest BCUT2D eigenvalue weighted by Gasteiger charge is -2.05. The molecule has 112 valence electrons. The highest BCUT2D eigenvalue weighted by Gasteiger charge is 2.11. The van der Waals surface area contributed by atoms with Gasteiger partial charge in [0, 0.05) is 5.56 Å². The number of benzene rings is 1. The number of hydrogen-bond donors (Lipinski definition) is 2. The minimum absolute atomic E-state index is 0.00307. The second kappa shape index (κ2) is 5.86. The number of phenolic OH excluding ortho intramolecular Hbond substituents is 1. The van der Waals surface area contributed by atoms with E-state index in [9.17, 15) is 5.11 Å². The average Bonchev–Trinajstić information content (AvgIpc) is 3.16. The van der Waals surface area contributed by atoms with Gasteiger partial charge in [0.05, 0.1) is 19.6 Å². The van der Waals surface area contributed by atoms with Crippen molar-refractivity contribution < 1.29 is 14.3 Å². The minimum Gasteiger partial charge on any atom is -0.504 e. The van der Waals surface area contributed by atoms with Gasteiger partial charge in [0.2, 0.25) is 10.6 Å². The van der Waals surface area contributed by atoms with E-state index in [1.807, 2.05) is 0 Å². The van der Waals surface area contributed by atoms with Crippen LogP contribution >= 0.6 is 12.2 Å². The zero-order chi connectivity index (χ0) is 15.5. The molecule has 0 atom stereocenters. The second-order valence-corrected chi connectivity index (χ2v) is 4.67. The van der Waals surface area contributed by atoms with Crippen molar-refractivity contribution in [2.75, 3.05) is 7.11 Å². The molecular formula is C14H12N4O3S. The number of aromatic nitrogens is 3. The van der Waals surface area contributed by atoms with E-state index in [-0.39, 0.29) is 5.75 Å². The van der Waals surface area contributed by atoms with Crippen LogP contribution in [0, 0.1) is 4.77 Å². The van der Waals surface area contributed by atoms with Gasteiger partial charge in [-0.1, -0.05) is 6.07 Å². The van der Waals surface area contributed by atoms with Gasteiger partial charge in [0.25, 0.3) is 0 Å². The Labute approximate surface area is 130 Å². The van der Waals surface area contributed by atoms with Crippen LogP contribution in [0.25, 0.3) is 11.6 Å². The number of phenols is 1. The summed E-state index contributed by atoms with van der Waals surface area (Å²) in [6.45, 7) is 0. The van der Waals surface area contributed by atoms with Crippen LogP contribution in [0.3, 0.4) is 0 Å². The van der Waals surface area contributed by atoms with Gasteiger partial charge in [-0.15, -0.1) is 5.10 Å². The Bertz CT molecular complexity index is 865. The summed E-state index contributed by atoms with van der Waals surface area (Å²) in [5.74, 6) is 1.34. The lowest BCUT2D eigenvalue weighted by atomic mass is 10.2. The molecule has 0 aliphatic rings. The number of H-pyrrole nitrogens is 1. The number of para-hydroxylation sites is 1. The largest absolute Gasteiger partial charge is 0.504 e. The van der Waals surface area contributed by atoms with Gasteiger partial charge >= 0.3 is 0 Å². The third-order valence-corrected chi connectivity index (χ3v) is 3.22. The molecular weight excluding hydrogens is 304 g/mol. The maximum Gasteiger partial charge on any atom is 0.219 e. The molecule has 1 aromatic carbocycles. The van der Waals surface area contributed by atoms with E-state index >= 15 is 0 Å². The molecule has 2 N–H and O–H groups in total. The summed E-state index contributed by atoms with van der Waals surface area (Å²) in [5.41, 5.74) is 0.493. The van der Waals surface area contributed by atoms with Crippen LogP contribution < -0.4 is 4.74 Å². The fourth-order valence-corrected chi connectivity index (χ4v) is 2.07. The summed E-state index contributed by atoms with van der Waals surface area (Å²) in [7, 11) is 1.48. The van der Waals surface area contributed by atoms with Gasteiger partial charge < -0.3 is 14.3 Å². The molecule has 0 bridgehead atoms. The Hall–Kier alpha value is -2.87. The standard InChI is InChI=1S/C14H12N4O3S/c1-20-10-5-2-4-9(12(10)19)8-15-18-13(16-17-14(18)22)11-6-3-7-21-11/h2-8,19H,1H3,(H,17,22)/b15-8-. The Morgan fingerprint density at radius 1 is 1.41 bits per heavy atom. The van der Waals surface area contributed by atoms with Crippen LogP contribution in [-0.2, 0) is 0 Å². The first-order chi connectivity index (χ1) is 10.7. The van der Waals surface area contributed by atoms with E-state index in [0.717, 1.165) is 0 Å². The zero-order valence-electron chi connectivity index (χ0n) is 11.6. The fourth-order valence-electron chi connectivity index (χ4n) is 1.89. The second-order valence-electron chi connectivity index (χ2n) is 4.28. The van der Waals surface area contributed by atoms with Crippen molar-refractivity contribution >= 4 is 18.4 Å². The normalized spacial score (nSPS) is 11.1. The van der Waals surface area contributed by atoms with Gasteiger partial charge in [-0.25, -0.2) is 5.10 Å². The number of rotatable bonds is 4. The van der Waals surface area contributed by atoms with Crippen molar-refractivity contribution in [1.29, 1.82) is 0 Å². The molecule has 0 saturated heterocycles. The first-order valence-corrected chi connectivity index (χ1v) is 6.73. The number of aromatic hydroxyl groups is 1. The molecule has 3 rings (SSSR count). The molecule has 0 fully saturated rings. The van der Waals surface area contributed by atoms with Crippen LogP contribution in [0.5, 0.6) is 11.5 Å². The van der Waals surface area contributed by atoms with Gasteiger partial charge in [-0.3, -0.25) is 0 Å². The van der Waals surface area contributed by atoms with E-state index in [1.165, 1.54) is 24.3 Å². The Kier molecular flexibility index (Phi) is 3.75.